The molecule has 138 valence electrons. The molecule has 0 aliphatic heterocycles. The van der Waals surface area contributed by atoms with Crippen molar-refractivity contribution in [1.82, 2.24) is 5.32 Å². The Morgan fingerprint density at radius 2 is 1.58 bits per heavy atom. The Hall–Kier alpha value is -2.83. The number of aryl methyl sites for hydroxylation is 2. The van der Waals surface area contributed by atoms with Gasteiger partial charge in [-0.3, -0.25) is 4.79 Å². The summed E-state index contributed by atoms with van der Waals surface area (Å²) in [5, 5.41) is 11.8. The average Bonchev–Trinajstić information content (AvgIpc) is 2.56. The third kappa shape index (κ3) is 4.62. The van der Waals surface area contributed by atoms with Crippen LogP contribution < -0.4 is 5.32 Å². The summed E-state index contributed by atoms with van der Waals surface area (Å²) in [6, 6.07) is 7.98. The van der Waals surface area contributed by atoms with Crippen molar-refractivity contribution in [3.05, 3.63) is 70.3 Å². The number of rotatable bonds is 5. The van der Waals surface area contributed by atoms with Crippen molar-refractivity contribution in [3.8, 4) is 0 Å². The van der Waals surface area contributed by atoms with Crippen LogP contribution in [0.1, 0.15) is 32.6 Å². The second-order valence-corrected chi connectivity index (χ2v) is 6.01. The normalized spacial score (nSPS) is 12.5. The van der Waals surface area contributed by atoms with Crippen LogP contribution in [0, 0.1) is 13.8 Å². The Morgan fingerprint density at radius 3 is 2.04 bits per heavy atom. The number of alkyl halides is 3. The molecule has 4 nitrogen and oxygen atoms in total. The summed E-state index contributed by atoms with van der Waals surface area (Å²) < 4.78 is 37.7. The first kappa shape index (κ1) is 19.5. The standard InChI is InChI=1S/C19H18F3NO3/c1-11-4-3-5-12(2)15(11)10-16(18(25)26)23-17(24)13-6-8-14(9-7-13)19(20,21)22/h3-9,16H,10H2,1-2H3,(H,23,24)(H,25,26)/t16-/m1/s1. The zero-order chi connectivity index (χ0) is 19.5. The lowest BCUT2D eigenvalue weighted by atomic mass is 9.96. The van der Waals surface area contributed by atoms with E-state index in [1.165, 1.54) is 0 Å². The van der Waals surface area contributed by atoms with E-state index < -0.39 is 29.7 Å². The number of carbonyl (C=O) groups is 2. The molecule has 2 N–H and O–H groups in total. The van der Waals surface area contributed by atoms with E-state index in [9.17, 15) is 27.9 Å². The van der Waals surface area contributed by atoms with Crippen LogP contribution in [0.25, 0.3) is 0 Å². The van der Waals surface area contributed by atoms with Crippen LogP contribution in [0.4, 0.5) is 13.2 Å². The highest BCUT2D eigenvalue weighted by atomic mass is 19.4. The first-order valence-electron chi connectivity index (χ1n) is 7.85. The van der Waals surface area contributed by atoms with Crippen molar-refractivity contribution < 1.29 is 27.9 Å². The molecule has 1 atom stereocenters. The van der Waals surface area contributed by atoms with E-state index in [-0.39, 0.29) is 12.0 Å². The molecule has 0 spiro atoms. The lowest BCUT2D eigenvalue weighted by Gasteiger charge is -2.18. The van der Waals surface area contributed by atoms with Gasteiger partial charge in [0.1, 0.15) is 6.04 Å². The number of hydrogen-bond acceptors (Lipinski definition) is 2. The summed E-state index contributed by atoms with van der Waals surface area (Å²) in [6.45, 7) is 3.69. The zero-order valence-corrected chi connectivity index (χ0v) is 14.2. The highest BCUT2D eigenvalue weighted by molar-refractivity contribution is 5.96. The van der Waals surface area contributed by atoms with Crippen molar-refractivity contribution in [2.24, 2.45) is 0 Å². The molecule has 0 aliphatic carbocycles. The highest BCUT2D eigenvalue weighted by Crippen LogP contribution is 2.29. The van der Waals surface area contributed by atoms with Crippen LogP contribution >= 0.6 is 0 Å². The molecular formula is C19H18F3NO3. The molecule has 0 aliphatic rings. The largest absolute Gasteiger partial charge is 0.480 e. The van der Waals surface area contributed by atoms with E-state index in [1.54, 1.807) is 0 Å². The summed E-state index contributed by atoms with van der Waals surface area (Å²) in [4.78, 5) is 23.7. The second-order valence-electron chi connectivity index (χ2n) is 6.01. The number of nitrogens with one attached hydrogen (secondary N) is 1. The minimum atomic E-state index is -4.50. The molecule has 1 amide bonds. The molecule has 0 bridgehead atoms. The van der Waals surface area contributed by atoms with Gasteiger partial charge >= 0.3 is 12.1 Å². The predicted octanol–water partition coefficient (Wildman–Crippen LogP) is 3.75. The van der Waals surface area contributed by atoms with E-state index in [0.717, 1.165) is 41.0 Å². The Balaban J connectivity index is 2.17. The molecule has 7 heteroatoms. The molecular weight excluding hydrogens is 347 g/mol. The van der Waals surface area contributed by atoms with Gasteiger partial charge in [-0.25, -0.2) is 4.79 Å². The zero-order valence-electron chi connectivity index (χ0n) is 14.2. The first-order valence-corrected chi connectivity index (χ1v) is 7.85. The average molecular weight is 365 g/mol. The van der Waals surface area contributed by atoms with Gasteiger partial charge in [0, 0.05) is 12.0 Å². The number of aliphatic carboxylic acids is 1. The quantitative estimate of drug-likeness (QED) is 0.848. The van der Waals surface area contributed by atoms with Crippen molar-refractivity contribution in [2.45, 2.75) is 32.5 Å². The Morgan fingerprint density at radius 1 is 1.04 bits per heavy atom. The monoisotopic (exact) mass is 365 g/mol. The van der Waals surface area contributed by atoms with Gasteiger partial charge in [-0.05, 0) is 54.8 Å². The van der Waals surface area contributed by atoms with Crippen LogP contribution in [0.3, 0.4) is 0 Å². The minimum Gasteiger partial charge on any atom is -0.480 e. The van der Waals surface area contributed by atoms with Crippen LogP contribution in [0.15, 0.2) is 42.5 Å². The molecule has 26 heavy (non-hydrogen) atoms. The second kappa shape index (κ2) is 7.59. The summed E-state index contributed by atoms with van der Waals surface area (Å²) in [5.74, 6) is -1.95. The van der Waals surface area contributed by atoms with Crippen LogP contribution in [-0.4, -0.2) is 23.0 Å². The molecule has 0 unspecified atom stereocenters. The maximum atomic E-state index is 12.6. The van der Waals surface area contributed by atoms with E-state index >= 15 is 0 Å². The van der Waals surface area contributed by atoms with Gasteiger partial charge in [-0.1, -0.05) is 18.2 Å². The Bertz CT molecular complexity index is 794. The van der Waals surface area contributed by atoms with Gasteiger partial charge in [0.25, 0.3) is 5.91 Å². The molecule has 0 radical (unpaired) electrons. The van der Waals surface area contributed by atoms with Gasteiger partial charge in [-0.2, -0.15) is 13.2 Å². The molecule has 2 rings (SSSR count). The Kier molecular flexibility index (Phi) is 5.69. The number of hydrogen-bond donors (Lipinski definition) is 2. The van der Waals surface area contributed by atoms with Gasteiger partial charge in [0.05, 0.1) is 5.56 Å². The summed E-state index contributed by atoms with van der Waals surface area (Å²) >= 11 is 0. The summed E-state index contributed by atoms with van der Waals surface area (Å²) in [7, 11) is 0. The molecule has 2 aromatic carbocycles. The summed E-state index contributed by atoms with van der Waals surface area (Å²) in [5.41, 5.74) is 1.71. The first-order chi connectivity index (χ1) is 12.1. The third-order valence-electron chi connectivity index (χ3n) is 4.13. The molecule has 0 saturated carbocycles. The molecule has 0 heterocycles. The maximum absolute atomic E-state index is 12.6. The fraction of sp³-hybridized carbons (Fsp3) is 0.263. The van der Waals surface area contributed by atoms with E-state index in [4.69, 9.17) is 0 Å². The highest BCUT2D eigenvalue weighted by Gasteiger charge is 2.30. The Labute approximate surface area is 148 Å². The smallest absolute Gasteiger partial charge is 0.416 e. The van der Waals surface area contributed by atoms with Crippen LogP contribution in [0.2, 0.25) is 0 Å². The van der Waals surface area contributed by atoms with Crippen molar-refractivity contribution in [1.29, 1.82) is 0 Å². The minimum absolute atomic E-state index is 0.0363. The maximum Gasteiger partial charge on any atom is 0.416 e. The molecule has 2 aromatic rings. The van der Waals surface area contributed by atoms with Crippen molar-refractivity contribution in [3.63, 3.8) is 0 Å². The van der Waals surface area contributed by atoms with E-state index in [1.807, 2.05) is 32.0 Å². The van der Waals surface area contributed by atoms with Gasteiger partial charge in [0.15, 0.2) is 0 Å². The molecule has 0 saturated heterocycles. The lowest BCUT2D eigenvalue weighted by Crippen LogP contribution is -2.42. The van der Waals surface area contributed by atoms with Gasteiger partial charge in [0.2, 0.25) is 0 Å². The van der Waals surface area contributed by atoms with E-state index in [0.29, 0.717) is 0 Å². The van der Waals surface area contributed by atoms with Crippen molar-refractivity contribution in [2.75, 3.05) is 0 Å². The number of carbonyl (C=O) groups excluding carboxylic acids is 1. The third-order valence-corrected chi connectivity index (χ3v) is 4.13. The topological polar surface area (TPSA) is 66.4 Å². The van der Waals surface area contributed by atoms with E-state index in [2.05, 4.69) is 5.32 Å². The molecule has 0 aromatic heterocycles. The van der Waals surface area contributed by atoms with Gasteiger partial charge < -0.3 is 10.4 Å². The number of carboxylic acid groups (broad SMARTS) is 1. The van der Waals surface area contributed by atoms with Crippen molar-refractivity contribution >= 4 is 11.9 Å². The number of benzene rings is 2. The fourth-order valence-corrected chi connectivity index (χ4v) is 2.63. The number of halogens is 3. The predicted molar refractivity (Wildman–Crippen MR) is 90.0 cm³/mol. The number of amides is 1. The number of carboxylic acids is 1. The van der Waals surface area contributed by atoms with Crippen LogP contribution in [-0.2, 0) is 17.4 Å². The van der Waals surface area contributed by atoms with Crippen LogP contribution in [0.5, 0.6) is 0 Å². The SMILES string of the molecule is Cc1cccc(C)c1C[C@@H](NC(=O)c1ccc(C(F)(F)F)cc1)C(=O)O. The summed E-state index contributed by atoms with van der Waals surface area (Å²) in [6.07, 6.45) is -4.42. The lowest BCUT2D eigenvalue weighted by molar-refractivity contribution is -0.139. The molecule has 0 fully saturated rings. The van der Waals surface area contributed by atoms with Gasteiger partial charge in [-0.15, -0.1) is 0 Å². The fourth-order valence-electron chi connectivity index (χ4n) is 2.63.